The number of rotatable bonds is 4. The Bertz CT molecular complexity index is 631. The third-order valence-corrected chi connectivity index (χ3v) is 5.40. The Labute approximate surface area is 155 Å². The van der Waals surface area contributed by atoms with E-state index in [-0.39, 0.29) is 11.8 Å². The fourth-order valence-electron chi connectivity index (χ4n) is 2.42. The van der Waals surface area contributed by atoms with Gasteiger partial charge in [0.2, 0.25) is 11.8 Å². The van der Waals surface area contributed by atoms with Gasteiger partial charge in [0.1, 0.15) is 11.8 Å². The van der Waals surface area contributed by atoms with Crippen LogP contribution in [0.25, 0.3) is 0 Å². The SMILES string of the molecule is COc1ccc(CNC(=O)C2CSCN2C(=O)C(C)(C)C)cc1Br. The molecule has 1 aromatic carbocycles. The lowest BCUT2D eigenvalue weighted by Gasteiger charge is -2.29. The first-order valence-corrected chi connectivity index (χ1v) is 9.67. The summed E-state index contributed by atoms with van der Waals surface area (Å²) in [5.41, 5.74) is 0.486. The van der Waals surface area contributed by atoms with Crippen LogP contribution in [0.3, 0.4) is 0 Å². The average molecular weight is 415 g/mol. The van der Waals surface area contributed by atoms with E-state index in [4.69, 9.17) is 4.74 Å². The molecule has 1 aliphatic heterocycles. The molecule has 1 aromatic rings. The van der Waals surface area contributed by atoms with Crippen molar-refractivity contribution in [2.75, 3.05) is 18.7 Å². The minimum Gasteiger partial charge on any atom is -0.496 e. The van der Waals surface area contributed by atoms with Crippen LogP contribution in [0.15, 0.2) is 22.7 Å². The van der Waals surface area contributed by atoms with Gasteiger partial charge in [0.25, 0.3) is 0 Å². The van der Waals surface area contributed by atoms with Crippen molar-refractivity contribution in [3.05, 3.63) is 28.2 Å². The predicted molar refractivity (Wildman–Crippen MR) is 100.0 cm³/mol. The number of ether oxygens (including phenoxy) is 1. The number of hydrogen-bond donors (Lipinski definition) is 1. The van der Waals surface area contributed by atoms with E-state index in [0.29, 0.717) is 18.2 Å². The van der Waals surface area contributed by atoms with Crippen molar-refractivity contribution in [2.24, 2.45) is 5.41 Å². The number of carbonyl (C=O) groups is 2. The highest BCUT2D eigenvalue weighted by Gasteiger charge is 2.38. The summed E-state index contributed by atoms with van der Waals surface area (Å²) in [5.74, 6) is 1.87. The minimum absolute atomic E-state index is 0.0137. The molecule has 1 saturated heterocycles. The highest BCUT2D eigenvalue weighted by atomic mass is 79.9. The van der Waals surface area contributed by atoms with E-state index in [1.807, 2.05) is 39.0 Å². The predicted octanol–water partition coefficient (Wildman–Crippen LogP) is 3.02. The smallest absolute Gasteiger partial charge is 0.243 e. The molecule has 1 unspecified atom stereocenters. The van der Waals surface area contributed by atoms with Crippen LogP contribution in [0.1, 0.15) is 26.3 Å². The molecule has 7 heteroatoms. The number of carbonyl (C=O) groups excluding carboxylic acids is 2. The molecular formula is C17H23BrN2O3S. The van der Waals surface area contributed by atoms with E-state index in [1.54, 1.807) is 23.8 Å². The molecule has 24 heavy (non-hydrogen) atoms. The summed E-state index contributed by atoms with van der Waals surface area (Å²) in [4.78, 5) is 26.7. The molecular weight excluding hydrogens is 392 g/mol. The highest BCUT2D eigenvalue weighted by Crippen LogP contribution is 2.28. The van der Waals surface area contributed by atoms with Crippen LogP contribution in [0.4, 0.5) is 0 Å². The van der Waals surface area contributed by atoms with Crippen LogP contribution < -0.4 is 10.1 Å². The van der Waals surface area contributed by atoms with E-state index in [1.165, 1.54) is 0 Å². The van der Waals surface area contributed by atoms with Gasteiger partial charge in [0.05, 0.1) is 17.5 Å². The van der Waals surface area contributed by atoms with Crippen LogP contribution >= 0.6 is 27.7 Å². The fraction of sp³-hybridized carbons (Fsp3) is 0.529. The van der Waals surface area contributed by atoms with Crippen LogP contribution in [0.2, 0.25) is 0 Å². The summed E-state index contributed by atoms with van der Waals surface area (Å²) in [6.45, 7) is 6.05. The van der Waals surface area contributed by atoms with Crippen LogP contribution in [-0.4, -0.2) is 41.5 Å². The molecule has 5 nitrogen and oxygen atoms in total. The molecule has 1 aliphatic rings. The summed E-state index contributed by atoms with van der Waals surface area (Å²) in [5, 5.41) is 2.93. The molecule has 1 atom stereocenters. The van der Waals surface area contributed by atoms with Crippen molar-refractivity contribution in [3.8, 4) is 5.75 Å². The lowest BCUT2D eigenvalue weighted by molar-refractivity contribution is -0.144. The Balaban J connectivity index is 1.99. The molecule has 2 rings (SSSR count). The Morgan fingerprint density at radius 1 is 1.42 bits per heavy atom. The standard InChI is InChI=1S/C17H23BrN2O3S/c1-17(2,3)16(22)20-10-24-9-13(20)15(21)19-8-11-5-6-14(23-4)12(18)7-11/h5-7,13H,8-10H2,1-4H3,(H,19,21). The number of methoxy groups -OCH3 is 1. The van der Waals surface area contributed by atoms with Crippen molar-refractivity contribution >= 4 is 39.5 Å². The molecule has 0 aliphatic carbocycles. The number of hydrogen-bond acceptors (Lipinski definition) is 4. The molecule has 0 bridgehead atoms. The number of amides is 2. The van der Waals surface area contributed by atoms with Crippen molar-refractivity contribution in [2.45, 2.75) is 33.4 Å². The highest BCUT2D eigenvalue weighted by molar-refractivity contribution is 9.10. The van der Waals surface area contributed by atoms with Crippen LogP contribution in [0, 0.1) is 5.41 Å². The Morgan fingerprint density at radius 2 is 2.12 bits per heavy atom. The van der Waals surface area contributed by atoms with E-state index in [2.05, 4.69) is 21.2 Å². The largest absolute Gasteiger partial charge is 0.496 e. The summed E-state index contributed by atoms with van der Waals surface area (Å²) >= 11 is 5.05. The average Bonchev–Trinajstić information content (AvgIpc) is 3.00. The number of benzene rings is 1. The molecule has 1 fully saturated rings. The maximum atomic E-state index is 12.5. The van der Waals surface area contributed by atoms with Gasteiger partial charge in [-0.15, -0.1) is 11.8 Å². The molecule has 0 aromatic heterocycles. The van der Waals surface area contributed by atoms with Crippen molar-refractivity contribution in [3.63, 3.8) is 0 Å². The van der Waals surface area contributed by atoms with Crippen LogP contribution in [0.5, 0.6) is 5.75 Å². The first kappa shape index (κ1) is 19.1. The second-order valence-electron chi connectivity index (χ2n) is 6.73. The van der Waals surface area contributed by atoms with Gasteiger partial charge in [-0.3, -0.25) is 9.59 Å². The summed E-state index contributed by atoms with van der Waals surface area (Å²) in [6.07, 6.45) is 0. The normalized spacial score (nSPS) is 17.7. The topological polar surface area (TPSA) is 58.6 Å². The van der Waals surface area contributed by atoms with Crippen molar-refractivity contribution in [1.82, 2.24) is 10.2 Å². The van der Waals surface area contributed by atoms with Gasteiger partial charge in [-0.25, -0.2) is 0 Å². The van der Waals surface area contributed by atoms with Gasteiger partial charge in [-0.1, -0.05) is 26.8 Å². The third kappa shape index (κ3) is 4.45. The first-order valence-electron chi connectivity index (χ1n) is 7.73. The number of halogens is 1. The number of nitrogens with zero attached hydrogens (tertiary/aromatic N) is 1. The molecule has 0 saturated carbocycles. The lowest BCUT2D eigenvalue weighted by atomic mass is 9.94. The zero-order chi connectivity index (χ0) is 17.9. The summed E-state index contributed by atoms with van der Waals surface area (Å²) in [7, 11) is 1.61. The third-order valence-electron chi connectivity index (χ3n) is 3.77. The van der Waals surface area contributed by atoms with E-state index in [0.717, 1.165) is 15.8 Å². The molecule has 132 valence electrons. The number of thioether (sulfide) groups is 1. The van der Waals surface area contributed by atoms with Gasteiger partial charge in [-0.05, 0) is 33.6 Å². The first-order chi connectivity index (χ1) is 11.2. The fourth-order valence-corrected chi connectivity index (χ4v) is 4.16. The summed E-state index contributed by atoms with van der Waals surface area (Å²) in [6, 6.07) is 5.28. The second-order valence-corrected chi connectivity index (χ2v) is 8.58. The molecule has 1 heterocycles. The van der Waals surface area contributed by atoms with E-state index >= 15 is 0 Å². The van der Waals surface area contributed by atoms with Crippen LogP contribution in [-0.2, 0) is 16.1 Å². The zero-order valence-corrected chi connectivity index (χ0v) is 16.8. The quantitative estimate of drug-likeness (QED) is 0.822. The monoisotopic (exact) mass is 414 g/mol. The molecule has 0 radical (unpaired) electrons. The maximum absolute atomic E-state index is 12.5. The molecule has 1 N–H and O–H groups in total. The van der Waals surface area contributed by atoms with E-state index in [9.17, 15) is 9.59 Å². The lowest BCUT2D eigenvalue weighted by Crippen LogP contribution is -2.50. The van der Waals surface area contributed by atoms with Crippen molar-refractivity contribution in [1.29, 1.82) is 0 Å². The maximum Gasteiger partial charge on any atom is 0.243 e. The van der Waals surface area contributed by atoms with Gasteiger partial charge in [0.15, 0.2) is 0 Å². The Hall–Kier alpha value is -1.21. The molecule has 2 amide bonds. The summed E-state index contributed by atoms with van der Waals surface area (Å²) < 4.78 is 6.04. The Kier molecular flexibility index (Phi) is 6.20. The van der Waals surface area contributed by atoms with Gasteiger partial charge >= 0.3 is 0 Å². The van der Waals surface area contributed by atoms with Gasteiger partial charge in [-0.2, -0.15) is 0 Å². The second kappa shape index (κ2) is 7.78. The minimum atomic E-state index is -0.482. The van der Waals surface area contributed by atoms with Crippen molar-refractivity contribution < 1.29 is 14.3 Å². The number of nitrogens with one attached hydrogen (secondary N) is 1. The Morgan fingerprint density at radius 3 is 2.71 bits per heavy atom. The van der Waals surface area contributed by atoms with Gasteiger partial charge in [0, 0.05) is 17.7 Å². The van der Waals surface area contributed by atoms with E-state index < -0.39 is 11.5 Å². The van der Waals surface area contributed by atoms with Gasteiger partial charge < -0.3 is 15.0 Å². The molecule has 0 spiro atoms. The zero-order valence-electron chi connectivity index (χ0n) is 14.4.